The number of aliphatic hydroxyl groups is 2. The van der Waals surface area contributed by atoms with Gasteiger partial charge in [0, 0.05) is 0 Å². The molecule has 0 fully saturated rings. The number of allylic oxidation sites excluding steroid dienone is 1. The molecular formula is C12H14O4. The summed E-state index contributed by atoms with van der Waals surface area (Å²) in [7, 11) is 0. The average Bonchev–Trinajstić information content (AvgIpc) is 2.29. The highest BCUT2D eigenvalue weighted by Crippen LogP contribution is 2.26. The zero-order valence-corrected chi connectivity index (χ0v) is 8.87. The van der Waals surface area contributed by atoms with Gasteiger partial charge in [-0.25, -0.2) is 4.79 Å². The zero-order valence-electron chi connectivity index (χ0n) is 8.87. The lowest BCUT2D eigenvalue weighted by atomic mass is 9.88. The minimum atomic E-state index is -2.31. The summed E-state index contributed by atoms with van der Waals surface area (Å²) in [4.78, 5) is 11.1. The molecule has 0 aliphatic carbocycles. The highest BCUT2D eigenvalue weighted by molar-refractivity contribution is 5.80. The molecule has 0 heterocycles. The van der Waals surface area contributed by atoms with Crippen molar-refractivity contribution in [1.29, 1.82) is 0 Å². The summed E-state index contributed by atoms with van der Waals surface area (Å²) >= 11 is 0. The van der Waals surface area contributed by atoms with Gasteiger partial charge in [0.05, 0.1) is 0 Å². The van der Waals surface area contributed by atoms with Crippen molar-refractivity contribution in [3.63, 3.8) is 0 Å². The van der Waals surface area contributed by atoms with E-state index in [4.69, 9.17) is 5.11 Å². The van der Waals surface area contributed by atoms with Gasteiger partial charge in [-0.15, -0.1) is 0 Å². The van der Waals surface area contributed by atoms with Gasteiger partial charge in [0.1, 0.15) is 6.10 Å². The Balaban J connectivity index is 3.22. The molecule has 16 heavy (non-hydrogen) atoms. The summed E-state index contributed by atoms with van der Waals surface area (Å²) in [6, 6.07) is 7.83. The van der Waals surface area contributed by atoms with E-state index in [2.05, 4.69) is 0 Å². The van der Waals surface area contributed by atoms with Crippen LogP contribution in [0.1, 0.15) is 12.5 Å². The molecule has 0 aliphatic rings. The second-order valence-electron chi connectivity index (χ2n) is 3.41. The molecule has 0 spiro atoms. The monoisotopic (exact) mass is 222 g/mol. The summed E-state index contributed by atoms with van der Waals surface area (Å²) in [5, 5.41) is 28.8. The summed E-state index contributed by atoms with van der Waals surface area (Å²) in [6.45, 7) is 1.64. The third-order valence-corrected chi connectivity index (χ3v) is 2.34. The molecule has 2 atom stereocenters. The molecule has 4 heteroatoms. The SMILES string of the molecule is C/C=C/C(O)C(O)(C(=O)O)c1ccccc1. The van der Waals surface area contributed by atoms with Crippen LogP contribution in [-0.4, -0.2) is 27.4 Å². The van der Waals surface area contributed by atoms with Crippen molar-refractivity contribution >= 4 is 5.97 Å². The Morgan fingerprint density at radius 3 is 2.38 bits per heavy atom. The number of rotatable bonds is 4. The lowest BCUT2D eigenvalue weighted by molar-refractivity contribution is -0.169. The maximum absolute atomic E-state index is 11.1. The van der Waals surface area contributed by atoms with Gasteiger partial charge in [-0.2, -0.15) is 0 Å². The molecule has 86 valence electrons. The number of carboxylic acids is 1. The average molecular weight is 222 g/mol. The van der Waals surface area contributed by atoms with Gasteiger partial charge in [0.2, 0.25) is 5.60 Å². The Hall–Kier alpha value is -1.65. The van der Waals surface area contributed by atoms with Crippen LogP contribution in [0.15, 0.2) is 42.5 Å². The quantitative estimate of drug-likeness (QED) is 0.661. The zero-order chi connectivity index (χ0) is 12.2. The molecule has 2 unspecified atom stereocenters. The van der Waals surface area contributed by atoms with Crippen molar-refractivity contribution < 1.29 is 20.1 Å². The number of aliphatic hydroxyl groups excluding tert-OH is 1. The van der Waals surface area contributed by atoms with E-state index in [1.807, 2.05) is 0 Å². The molecule has 1 aromatic carbocycles. The predicted molar refractivity (Wildman–Crippen MR) is 58.8 cm³/mol. The third-order valence-electron chi connectivity index (χ3n) is 2.34. The second-order valence-corrected chi connectivity index (χ2v) is 3.41. The lowest BCUT2D eigenvalue weighted by Crippen LogP contribution is -2.45. The van der Waals surface area contributed by atoms with Crippen molar-refractivity contribution in [2.24, 2.45) is 0 Å². The summed E-state index contributed by atoms with van der Waals surface area (Å²) < 4.78 is 0. The fraction of sp³-hybridized carbons (Fsp3) is 0.250. The fourth-order valence-corrected chi connectivity index (χ4v) is 1.43. The smallest absolute Gasteiger partial charge is 0.343 e. The number of benzene rings is 1. The molecular weight excluding hydrogens is 208 g/mol. The van der Waals surface area contributed by atoms with Crippen LogP contribution < -0.4 is 0 Å². The molecule has 0 saturated carbocycles. The molecule has 0 amide bonds. The van der Waals surface area contributed by atoms with Crippen LogP contribution in [0.3, 0.4) is 0 Å². The van der Waals surface area contributed by atoms with Crippen molar-refractivity contribution in [2.75, 3.05) is 0 Å². The van der Waals surface area contributed by atoms with Gasteiger partial charge in [0.25, 0.3) is 0 Å². The molecule has 1 rings (SSSR count). The van der Waals surface area contributed by atoms with Crippen LogP contribution in [0.25, 0.3) is 0 Å². The van der Waals surface area contributed by atoms with E-state index in [0.29, 0.717) is 0 Å². The molecule has 0 aromatic heterocycles. The second kappa shape index (κ2) is 4.92. The van der Waals surface area contributed by atoms with Crippen LogP contribution in [0.5, 0.6) is 0 Å². The molecule has 3 N–H and O–H groups in total. The third kappa shape index (κ3) is 2.13. The minimum absolute atomic E-state index is 0.146. The number of carboxylic acid groups (broad SMARTS) is 1. The number of carbonyl (C=O) groups is 1. The van der Waals surface area contributed by atoms with E-state index in [0.717, 1.165) is 0 Å². The molecule has 0 bridgehead atoms. The Morgan fingerprint density at radius 2 is 1.94 bits per heavy atom. The van der Waals surface area contributed by atoms with Gasteiger partial charge >= 0.3 is 5.97 Å². The fourth-order valence-electron chi connectivity index (χ4n) is 1.43. The van der Waals surface area contributed by atoms with Crippen molar-refractivity contribution in [2.45, 2.75) is 18.6 Å². The summed E-state index contributed by atoms with van der Waals surface area (Å²) in [5.41, 5.74) is -2.17. The van der Waals surface area contributed by atoms with E-state index in [-0.39, 0.29) is 5.56 Å². The van der Waals surface area contributed by atoms with Gasteiger partial charge in [-0.05, 0) is 12.5 Å². The topological polar surface area (TPSA) is 77.8 Å². The van der Waals surface area contributed by atoms with Gasteiger partial charge in [-0.1, -0.05) is 42.5 Å². The highest BCUT2D eigenvalue weighted by Gasteiger charge is 2.44. The number of aliphatic carboxylic acids is 1. The first-order chi connectivity index (χ1) is 7.53. The lowest BCUT2D eigenvalue weighted by Gasteiger charge is -2.27. The standard InChI is InChI=1S/C12H14O4/c1-2-6-10(13)12(16,11(14)15)9-7-4-3-5-8-9/h2-8,10,13,16H,1H3,(H,14,15)/b6-2+. The largest absolute Gasteiger partial charge is 0.479 e. The molecule has 0 saturated heterocycles. The van der Waals surface area contributed by atoms with E-state index in [1.54, 1.807) is 25.1 Å². The van der Waals surface area contributed by atoms with Crippen LogP contribution in [0.4, 0.5) is 0 Å². The normalized spacial score (nSPS) is 16.9. The maximum Gasteiger partial charge on any atom is 0.343 e. The highest BCUT2D eigenvalue weighted by atomic mass is 16.4. The van der Waals surface area contributed by atoms with Crippen LogP contribution in [-0.2, 0) is 10.4 Å². The predicted octanol–water partition coefficient (Wildman–Crippen LogP) is 0.896. The minimum Gasteiger partial charge on any atom is -0.479 e. The molecule has 1 aromatic rings. The van der Waals surface area contributed by atoms with Crippen LogP contribution >= 0.6 is 0 Å². The van der Waals surface area contributed by atoms with E-state index >= 15 is 0 Å². The van der Waals surface area contributed by atoms with Crippen LogP contribution in [0.2, 0.25) is 0 Å². The number of hydrogen-bond acceptors (Lipinski definition) is 3. The van der Waals surface area contributed by atoms with Gasteiger partial charge in [0.15, 0.2) is 0 Å². The summed E-state index contributed by atoms with van der Waals surface area (Å²) in [5.74, 6) is -1.48. The van der Waals surface area contributed by atoms with Crippen LogP contribution in [0, 0.1) is 0 Å². The molecule has 0 radical (unpaired) electrons. The van der Waals surface area contributed by atoms with Gasteiger partial charge in [-0.3, -0.25) is 0 Å². The van der Waals surface area contributed by atoms with Gasteiger partial charge < -0.3 is 15.3 Å². The number of hydrogen-bond donors (Lipinski definition) is 3. The first-order valence-corrected chi connectivity index (χ1v) is 4.85. The Kier molecular flexibility index (Phi) is 3.82. The first-order valence-electron chi connectivity index (χ1n) is 4.85. The van der Waals surface area contributed by atoms with Crippen molar-refractivity contribution in [1.82, 2.24) is 0 Å². The first kappa shape index (κ1) is 12.4. The van der Waals surface area contributed by atoms with E-state index in [9.17, 15) is 15.0 Å². The Labute approximate surface area is 93.5 Å². The Morgan fingerprint density at radius 1 is 1.38 bits per heavy atom. The maximum atomic E-state index is 11.1. The van der Waals surface area contributed by atoms with Crippen molar-refractivity contribution in [3.05, 3.63) is 48.0 Å². The molecule has 4 nitrogen and oxygen atoms in total. The van der Waals surface area contributed by atoms with E-state index < -0.39 is 17.7 Å². The summed E-state index contributed by atoms with van der Waals surface area (Å²) in [6.07, 6.45) is 1.24. The Bertz CT molecular complexity index is 385. The van der Waals surface area contributed by atoms with E-state index in [1.165, 1.54) is 24.3 Å². The van der Waals surface area contributed by atoms with Crippen molar-refractivity contribution in [3.8, 4) is 0 Å². The molecule has 0 aliphatic heterocycles.